The van der Waals surface area contributed by atoms with Crippen molar-refractivity contribution in [3.63, 3.8) is 0 Å². The maximum Gasteiger partial charge on any atom is 0.199 e. The average Bonchev–Trinajstić information content (AvgIpc) is 3.05. The molecule has 5 nitrogen and oxygen atoms in total. The van der Waals surface area contributed by atoms with Gasteiger partial charge in [0.15, 0.2) is 4.77 Å². The maximum absolute atomic E-state index is 5.45. The van der Waals surface area contributed by atoms with E-state index in [0.717, 1.165) is 22.5 Å². The van der Waals surface area contributed by atoms with Gasteiger partial charge in [-0.2, -0.15) is 10.2 Å². The molecule has 3 aromatic rings. The van der Waals surface area contributed by atoms with E-state index in [0.29, 0.717) is 4.77 Å². The summed E-state index contributed by atoms with van der Waals surface area (Å²) in [6, 6.07) is 6.34. The van der Waals surface area contributed by atoms with Gasteiger partial charge >= 0.3 is 0 Å². The Bertz CT molecular complexity index is 892. The fourth-order valence-corrected chi connectivity index (χ4v) is 3.29. The topological polar surface area (TPSA) is 51.4 Å². The van der Waals surface area contributed by atoms with Crippen LogP contribution in [0.4, 0.5) is 0 Å². The molecule has 120 valence electrons. The highest BCUT2D eigenvalue weighted by Gasteiger charge is 2.17. The Kier molecular flexibility index (Phi) is 4.50. The molecule has 0 amide bonds. The fraction of sp³-hybridized carbons (Fsp3) is 0.312. The molecule has 0 fully saturated rings. The van der Waals surface area contributed by atoms with Gasteiger partial charge in [0, 0.05) is 12.1 Å². The van der Waals surface area contributed by atoms with Crippen LogP contribution in [0, 0.1) is 18.6 Å². The Morgan fingerprint density at radius 1 is 1.35 bits per heavy atom. The molecule has 7 heteroatoms. The third kappa shape index (κ3) is 3.30. The summed E-state index contributed by atoms with van der Waals surface area (Å²) in [5, 5.41) is 11.7. The maximum atomic E-state index is 5.45. The van der Waals surface area contributed by atoms with E-state index >= 15 is 0 Å². The number of rotatable bonds is 4. The molecule has 1 atom stereocenters. The molecule has 2 heterocycles. The van der Waals surface area contributed by atoms with Gasteiger partial charge in [0.2, 0.25) is 0 Å². The SMILES string of the molecule is Cc1ccc(-n2c(C(C)Cn3cc(Br)cn3)n[nH]c2=S)c(C)c1. The summed E-state index contributed by atoms with van der Waals surface area (Å²) in [5.74, 6) is 1.07. The molecule has 3 rings (SSSR count). The third-order valence-corrected chi connectivity index (χ3v) is 4.48. The number of halogens is 1. The summed E-state index contributed by atoms with van der Waals surface area (Å²) in [6.07, 6.45) is 3.74. The zero-order valence-corrected chi connectivity index (χ0v) is 15.6. The highest BCUT2D eigenvalue weighted by molar-refractivity contribution is 9.10. The molecule has 2 aromatic heterocycles. The predicted molar refractivity (Wildman–Crippen MR) is 96.6 cm³/mol. The van der Waals surface area contributed by atoms with Crippen molar-refractivity contribution in [3.8, 4) is 5.69 Å². The number of nitrogens with zero attached hydrogens (tertiary/aromatic N) is 4. The van der Waals surface area contributed by atoms with Crippen LogP contribution < -0.4 is 0 Å². The molecule has 0 aliphatic heterocycles. The van der Waals surface area contributed by atoms with Crippen molar-refractivity contribution in [1.29, 1.82) is 0 Å². The number of aromatic nitrogens is 5. The second kappa shape index (κ2) is 6.41. The Labute approximate surface area is 148 Å². The second-order valence-corrected chi connectivity index (χ2v) is 7.10. The van der Waals surface area contributed by atoms with Crippen molar-refractivity contribution in [2.75, 3.05) is 0 Å². The molecule has 1 aromatic carbocycles. The monoisotopic (exact) mass is 391 g/mol. The van der Waals surface area contributed by atoms with E-state index in [1.165, 1.54) is 11.1 Å². The largest absolute Gasteiger partial charge is 0.272 e. The van der Waals surface area contributed by atoms with Crippen molar-refractivity contribution in [2.24, 2.45) is 0 Å². The molecule has 1 unspecified atom stereocenters. The molecule has 0 saturated carbocycles. The highest BCUT2D eigenvalue weighted by Crippen LogP contribution is 2.23. The molecular weight excluding hydrogens is 374 g/mol. The Morgan fingerprint density at radius 3 is 2.78 bits per heavy atom. The summed E-state index contributed by atoms with van der Waals surface area (Å²) in [7, 11) is 0. The van der Waals surface area contributed by atoms with Gasteiger partial charge in [-0.25, -0.2) is 0 Å². The summed E-state index contributed by atoms with van der Waals surface area (Å²) in [4.78, 5) is 0. The van der Waals surface area contributed by atoms with E-state index in [4.69, 9.17) is 12.2 Å². The lowest BCUT2D eigenvalue weighted by Crippen LogP contribution is -2.13. The first-order valence-electron chi connectivity index (χ1n) is 7.38. The van der Waals surface area contributed by atoms with Gasteiger partial charge in [-0.3, -0.25) is 14.3 Å². The number of hydrogen-bond acceptors (Lipinski definition) is 3. The lowest BCUT2D eigenvalue weighted by atomic mass is 10.1. The lowest BCUT2D eigenvalue weighted by Gasteiger charge is -2.15. The standard InChI is InChI=1S/C16H18BrN5S/c1-10-4-5-14(11(2)6-10)22-15(19-20-16(22)23)12(3)8-21-9-13(17)7-18-21/h4-7,9,12H,8H2,1-3H3,(H,20,23). The molecule has 1 N–H and O–H groups in total. The second-order valence-electron chi connectivity index (χ2n) is 5.79. The van der Waals surface area contributed by atoms with Gasteiger partial charge in [0.25, 0.3) is 0 Å². The molecule has 0 bridgehead atoms. The van der Waals surface area contributed by atoms with Gasteiger partial charge in [0.05, 0.1) is 22.9 Å². The first-order chi connectivity index (χ1) is 11.0. The third-order valence-electron chi connectivity index (χ3n) is 3.79. The van der Waals surface area contributed by atoms with Crippen LogP contribution in [-0.4, -0.2) is 24.5 Å². The van der Waals surface area contributed by atoms with Crippen molar-refractivity contribution in [3.05, 3.63) is 56.8 Å². The number of aryl methyl sites for hydroxylation is 2. The van der Waals surface area contributed by atoms with Crippen LogP contribution in [-0.2, 0) is 6.54 Å². The zero-order valence-electron chi connectivity index (χ0n) is 13.2. The minimum Gasteiger partial charge on any atom is -0.272 e. The molecule has 0 aliphatic rings. The van der Waals surface area contributed by atoms with Crippen molar-refractivity contribution < 1.29 is 0 Å². The van der Waals surface area contributed by atoms with Gasteiger partial charge in [-0.1, -0.05) is 24.6 Å². The number of nitrogens with one attached hydrogen (secondary N) is 1. The smallest absolute Gasteiger partial charge is 0.199 e. The van der Waals surface area contributed by atoms with Crippen LogP contribution in [0.1, 0.15) is 29.8 Å². The van der Waals surface area contributed by atoms with Crippen molar-refractivity contribution in [2.45, 2.75) is 33.2 Å². The molecule has 0 radical (unpaired) electrons. The van der Waals surface area contributed by atoms with Crippen LogP contribution in [0.25, 0.3) is 5.69 Å². The molecule has 0 spiro atoms. The van der Waals surface area contributed by atoms with Gasteiger partial charge < -0.3 is 0 Å². The Hall–Kier alpha value is -1.73. The van der Waals surface area contributed by atoms with Crippen LogP contribution >= 0.6 is 28.1 Å². The quantitative estimate of drug-likeness (QED) is 0.674. The Morgan fingerprint density at radius 2 is 2.13 bits per heavy atom. The first-order valence-corrected chi connectivity index (χ1v) is 8.58. The van der Waals surface area contributed by atoms with Crippen molar-refractivity contribution in [1.82, 2.24) is 24.5 Å². The molecule has 23 heavy (non-hydrogen) atoms. The molecule has 0 saturated heterocycles. The van der Waals surface area contributed by atoms with Gasteiger partial charge in [-0.15, -0.1) is 0 Å². The average molecular weight is 392 g/mol. The van der Waals surface area contributed by atoms with Gasteiger partial charge in [-0.05, 0) is 53.6 Å². The van der Waals surface area contributed by atoms with Crippen molar-refractivity contribution >= 4 is 28.1 Å². The molecule has 0 aliphatic carbocycles. The van der Waals surface area contributed by atoms with E-state index in [9.17, 15) is 0 Å². The van der Waals surface area contributed by atoms with E-state index in [1.807, 2.05) is 15.4 Å². The summed E-state index contributed by atoms with van der Waals surface area (Å²) in [6.45, 7) is 7.04. The number of hydrogen-bond donors (Lipinski definition) is 1. The van der Waals surface area contributed by atoms with Crippen LogP contribution in [0.2, 0.25) is 0 Å². The number of benzene rings is 1. The number of H-pyrrole nitrogens is 1. The molecular formula is C16H18BrN5S. The van der Waals surface area contributed by atoms with Crippen LogP contribution in [0.5, 0.6) is 0 Å². The highest BCUT2D eigenvalue weighted by atomic mass is 79.9. The normalized spacial score (nSPS) is 12.5. The first kappa shape index (κ1) is 16.1. The predicted octanol–water partition coefficient (Wildman–Crippen LogP) is 4.31. The minimum absolute atomic E-state index is 0.162. The van der Waals surface area contributed by atoms with E-state index in [1.54, 1.807) is 6.20 Å². The summed E-state index contributed by atoms with van der Waals surface area (Å²) < 4.78 is 5.50. The van der Waals surface area contributed by atoms with Crippen LogP contribution in [0.3, 0.4) is 0 Å². The van der Waals surface area contributed by atoms with Crippen LogP contribution in [0.15, 0.2) is 35.1 Å². The van der Waals surface area contributed by atoms with E-state index < -0.39 is 0 Å². The summed E-state index contributed by atoms with van der Waals surface area (Å²) >= 11 is 8.87. The van der Waals surface area contributed by atoms with Gasteiger partial charge in [0.1, 0.15) is 5.82 Å². The Balaban J connectivity index is 1.99. The fourth-order valence-electron chi connectivity index (χ4n) is 2.73. The lowest BCUT2D eigenvalue weighted by molar-refractivity contribution is 0.518. The number of aromatic amines is 1. The minimum atomic E-state index is 0.162. The van der Waals surface area contributed by atoms with E-state index in [2.05, 4.69) is 70.2 Å². The van der Waals surface area contributed by atoms with E-state index in [-0.39, 0.29) is 5.92 Å². The summed E-state index contributed by atoms with van der Waals surface area (Å²) in [5.41, 5.74) is 3.48. The zero-order chi connectivity index (χ0) is 16.6.